The van der Waals surface area contributed by atoms with E-state index in [0.717, 1.165) is 42.4 Å². The Labute approximate surface area is 142 Å². The Kier molecular flexibility index (Phi) is 3.76. The molecule has 0 aromatic heterocycles. The first kappa shape index (κ1) is 16.2. The van der Waals surface area contributed by atoms with Gasteiger partial charge < -0.3 is 5.11 Å². The number of fused-ring (bicyclic) bond motifs is 5. The lowest BCUT2D eigenvalue weighted by Gasteiger charge is -2.58. The summed E-state index contributed by atoms with van der Waals surface area (Å²) >= 11 is 0. The maximum absolute atomic E-state index is 10.1. The fraction of sp³-hybridized carbons (Fsp3) is 0.909. The molecule has 1 N–H and O–H groups in total. The highest BCUT2D eigenvalue weighted by molar-refractivity contribution is 5.25. The van der Waals surface area contributed by atoms with Crippen LogP contribution in [-0.4, -0.2) is 11.2 Å². The van der Waals surface area contributed by atoms with Gasteiger partial charge in [0.05, 0.1) is 6.10 Å². The maximum Gasteiger partial charge on any atom is 0.0577 e. The molecule has 0 radical (unpaired) electrons. The molecule has 0 aliphatic heterocycles. The van der Waals surface area contributed by atoms with Crippen molar-refractivity contribution in [2.45, 2.75) is 85.2 Å². The Morgan fingerprint density at radius 1 is 1.17 bits per heavy atom. The van der Waals surface area contributed by atoms with Gasteiger partial charge in [-0.2, -0.15) is 0 Å². The monoisotopic (exact) mass is 316 g/mol. The molecule has 4 aliphatic carbocycles. The second-order valence-corrected chi connectivity index (χ2v) is 9.93. The van der Waals surface area contributed by atoms with Gasteiger partial charge >= 0.3 is 0 Å². The molecule has 0 heterocycles. The number of hydrogen-bond acceptors (Lipinski definition) is 1. The lowest BCUT2D eigenvalue weighted by molar-refractivity contribution is -0.0506. The van der Waals surface area contributed by atoms with Gasteiger partial charge in [-0.05, 0) is 85.4 Å². The highest BCUT2D eigenvalue weighted by Gasteiger charge is 2.59. The van der Waals surface area contributed by atoms with Crippen LogP contribution in [0.15, 0.2) is 11.6 Å². The molecule has 0 bridgehead atoms. The van der Waals surface area contributed by atoms with Crippen molar-refractivity contribution in [2.24, 2.45) is 40.4 Å². The van der Waals surface area contributed by atoms with Crippen LogP contribution in [0, 0.1) is 40.4 Å². The molecule has 0 saturated heterocycles. The van der Waals surface area contributed by atoms with Crippen LogP contribution in [0.3, 0.4) is 0 Å². The Morgan fingerprint density at radius 2 is 1.96 bits per heavy atom. The van der Waals surface area contributed by atoms with E-state index in [2.05, 4.69) is 33.8 Å². The molecular formula is C22H36O. The Bertz CT molecular complexity index is 508. The molecule has 130 valence electrons. The van der Waals surface area contributed by atoms with E-state index < -0.39 is 0 Å². The molecule has 5 unspecified atom stereocenters. The summed E-state index contributed by atoms with van der Waals surface area (Å²) in [4.78, 5) is 0. The Hall–Kier alpha value is -0.300. The first-order valence-electron chi connectivity index (χ1n) is 10.3. The van der Waals surface area contributed by atoms with Crippen LogP contribution >= 0.6 is 0 Å². The molecule has 4 rings (SSSR count). The van der Waals surface area contributed by atoms with E-state index in [1.54, 1.807) is 5.57 Å². The second kappa shape index (κ2) is 5.35. The van der Waals surface area contributed by atoms with Crippen LogP contribution in [0.5, 0.6) is 0 Å². The largest absolute Gasteiger partial charge is 0.393 e. The minimum absolute atomic E-state index is 0.0734. The molecule has 0 aromatic carbocycles. The normalized spacial score (nSPS) is 55.6. The summed E-state index contributed by atoms with van der Waals surface area (Å²) in [6, 6.07) is 0. The Balaban J connectivity index is 1.67. The predicted molar refractivity (Wildman–Crippen MR) is 96.0 cm³/mol. The van der Waals surface area contributed by atoms with Gasteiger partial charge in [-0.25, -0.2) is 0 Å². The summed E-state index contributed by atoms with van der Waals surface area (Å²) in [5, 5.41) is 10.1. The van der Waals surface area contributed by atoms with Crippen LogP contribution < -0.4 is 0 Å². The smallest absolute Gasteiger partial charge is 0.0577 e. The molecule has 23 heavy (non-hydrogen) atoms. The third-order valence-electron chi connectivity index (χ3n) is 9.12. The van der Waals surface area contributed by atoms with Crippen molar-refractivity contribution < 1.29 is 5.11 Å². The lowest BCUT2D eigenvalue weighted by Crippen LogP contribution is -2.50. The molecule has 4 aliphatic rings. The average Bonchev–Trinajstić information content (AvgIpc) is 2.77. The number of aliphatic hydroxyl groups is 1. The lowest BCUT2D eigenvalue weighted by atomic mass is 9.47. The minimum atomic E-state index is -0.0734. The molecule has 3 fully saturated rings. The standard InChI is InChI=1S/C22H36O/c1-5-18-14(2)12-20-17-7-6-15-13-16(23)8-10-21(15,3)19(17)9-11-22(18,20)4/h6,14,16-20,23H,5,7-13H2,1-4H3/t14-,16-,17?,18-,19?,20?,21?,22?/m0/s1. The van der Waals surface area contributed by atoms with E-state index in [1.165, 1.54) is 38.5 Å². The maximum atomic E-state index is 10.1. The molecular weight excluding hydrogens is 280 g/mol. The van der Waals surface area contributed by atoms with Gasteiger partial charge in [0.2, 0.25) is 0 Å². The summed E-state index contributed by atoms with van der Waals surface area (Å²) < 4.78 is 0. The topological polar surface area (TPSA) is 20.2 Å². The third kappa shape index (κ3) is 2.14. The van der Waals surface area contributed by atoms with Crippen molar-refractivity contribution in [1.82, 2.24) is 0 Å². The summed E-state index contributed by atoms with van der Waals surface area (Å²) in [5.41, 5.74) is 2.61. The fourth-order valence-electron chi connectivity index (χ4n) is 7.98. The highest BCUT2D eigenvalue weighted by Crippen LogP contribution is 2.67. The average molecular weight is 317 g/mol. The predicted octanol–water partition coefficient (Wildman–Crippen LogP) is 5.58. The minimum Gasteiger partial charge on any atom is -0.393 e. The van der Waals surface area contributed by atoms with E-state index in [1.807, 2.05) is 0 Å². The van der Waals surface area contributed by atoms with Gasteiger partial charge in [-0.15, -0.1) is 0 Å². The second-order valence-electron chi connectivity index (χ2n) is 9.93. The van der Waals surface area contributed by atoms with Crippen molar-refractivity contribution in [1.29, 1.82) is 0 Å². The van der Waals surface area contributed by atoms with Crippen LogP contribution in [0.4, 0.5) is 0 Å². The summed E-state index contributed by atoms with van der Waals surface area (Å²) in [5.74, 6) is 4.61. The summed E-state index contributed by atoms with van der Waals surface area (Å²) in [7, 11) is 0. The summed E-state index contributed by atoms with van der Waals surface area (Å²) in [6.07, 6.45) is 12.7. The number of hydrogen-bond donors (Lipinski definition) is 1. The quantitative estimate of drug-likeness (QED) is 0.626. The van der Waals surface area contributed by atoms with Crippen LogP contribution in [0.25, 0.3) is 0 Å². The zero-order valence-electron chi connectivity index (χ0n) is 15.6. The first-order valence-corrected chi connectivity index (χ1v) is 10.3. The molecule has 0 amide bonds. The van der Waals surface area contributed by atoms with Crippen molar-refractivity contribution >= 4 is 0 Å². The molecule has 0 aromatic rings. The van der Waals surface area contributed by atoms with E-state index >= 15 is 0 Å². The van der Waals surface area contributed by atoms with Gasteiger partial charge in [0.15, 0.2) is 0 Å². The van der Waals surface area contributed by atoms with Gasteiger partial charge in [-0.1, -0.05) is 45.8 Å². The molecule has 8 atom stereocenters. The van der Waals surface area contributed by atoms with E-state index in [9.17, 15) is 5.11 Å². The fourth-order valence-corrected chi connectivity index (χ4v) is 7.98. The first-order chi connectivity index (χ1) is 10.9. The summed E-state index contributed by atoms with van der Waals surface area (Å²) in [6.45, 7) is 10.1. The molecule has 3 saturated carbocycles. The number of rotatable bonds is 1. The van der Waals surface area contributed by atoms with Crippen molar-refractivity contribution in [2.75, 3.05) is 0 Å². The van der Waals surface area contributed by atoms with Gasteiger partial charge in [0.25, 0.3) is 0 Å². The highest BCUT2D eigenvalue weighted by atomic mass is 16.3. The third-order valence-corrected chi connectivity index (χ3v) is 9.12. The van der Waals surface area contributed by atoms with E-state index in [0.29, 0.717) is 10.8 Å². The van der Waals surface area contributed by atoms with Crippen LogP contribution in [-0.2, 0) is 0 Å². The van der Waals surface area contributed by atoms with Crippen LogP contribution in [0.2, 0.25) is 0 Å². The molecule has 1 heteroatoms. The zero-order valence-corrected chi connectivity index (χ0v) is 15.6. The van der Waals surface area contributed by atoms with E-state index in [-0.39, 0.29) is 6.10 Å². The van der Waals surface area contributed by atoms with Gasteiger partial charge in [-0.3, -0.25) is 0 Å². The van der Waals surface area contributed by atoms with Gasteiger partial charge in [0.1, 0.15) is 0 Å². The van der Waals surface area contributed by atoms with Crippen molar-refractivity contribution in [3.05, 3.63) is 11.6 Å². The van der Waals surface area contributed by atoms with Gasteiger partial charge in [0, 0.05) is 0 Å². The van der Waals surface area contributed by atoms with E-state index in [4.69, 9.17) is 0 Å². The Morgan fingerprint density at radius 3 is 2.70 bits per heavy atom. The van der Waals surface area contributed by atoms with Crippen molar-refractivity contribution in [3.63, 3.8) is 0 Å². The number of aliphatic hydroxyl groups excluding tert-OH is 1. The zero-order chi connectivity index (χ0) is 16.4. The van der Waals surface area contributed by atoms with Crippen molar-refractivity contribution in [3.8, 4) is 0 Å². The molecule has 0 spiro atoms. The SMILES string of the molecule is CC[C@H]1[C@@H](C)CC2C3CC=C4C[C@@H](O)CCC4(C)C3CCC21C. The number of allylic oxidation sites excluding steroid dienone is 1. The van der Waals surface area contributed by atoms with Crippen LogP contribution in [0.1, 0.15) is 79.1 Å². The molecule has 1 nitrogen and oxygen atoms in total.